The fourth-order valence-corrected chi connectivity index (χ4v) is 1.53. The molecule has 0 spiro atoms. The standard InChI is InChI=1S/C10H19N3O2S/c1-4-5-7(9(11)16)10(15)13(3)6-8(14)12-2/h7H,4-6H2,1-3H3,(H2,11,16)(H,12,14). The Kier molecular flexibility index (Phi) is 6.64. The summed E-state index contributed by atoms with van der Waals surface area (Å²) >= 11 is 4.85. The van der Waals surface area contributed by atoms with Crippen molar-refractivity contribution in [1.82, 2.24) is 10.2 Å². The van der Waals surface area contributed by atoms with Gasteiger partial charge in [-0.15, -0.1) is 0 Å². The quantitative estimate of drug-likeness (QED) is 0.640. The number of nitrogens with zero attached hydrogens (tertiary/aromatic N) is 1. The van der Waals surface area contributed by atoms with E-state index in [9.17, 15) is 9.59 Å². The zero-order valence-electron chi connectivity index (χ0n) is 9.95. The van der Waals surface area contributed by atoms with Gasteiger partial charge in [0.1, 0.15) is 0 Å². The topological polar surface area (TPSA) is 75.4 Å². The van der Waals surface area contributed by atoms with Gasteiger partial charge in [-0.25, -0.2) is 0 Å². The molecule has 0 fully saturated rings. The molecule has 92 valence electrons. The average molecular weight is 245 g/mol. The first-order valence-electron chi connectivity index (χ1n) is 5.18. The van der Waals surface area contributed by atoms with Gasteiger partial charge in [0.25, 0.3) is 0 Å². The number of carbonyl (C=O) groups excluding carboxylic acids is 2. The third kappa shape index (κ3) is 4.57. The summed E-state index contributed by atoms with van der Waals surface area (Å²) in [5.41, 5.74) is 5.51. The lowest BCUT2D eigenvalue weighted by Gasteiger charge is -2.22. The molecule has 0 aliphatic rings. The number of hydrogen-bond acceptors (Lipinski definition) is 3. The van der Waals surface area contributed by atoms with Crippen molar-refractivity contribution in [2.75, 3.05) is 20.6 Å². The number of amides is 2. The smallest absolute Gasteiger partial charge is 0.239 e. The Balaban J connectivity index is 4.48. The first-order chi connectivity index (χ1) is 7.43. The van der Waals surface area contributed by atoms with E-state index in [1.807, 2.05) is 6.92 Å². The molecule has 0 aliphatic heterocycles. The van der Waals surface area contributed by atoms with Crippen molar-refractivity contribution in [3.63, 3.8) is 0 Å². The molecule has 0 radical (unpaired) electrons. The van der Waals surface area contributed by atoms with Gasteiger partial charge < -0.3 is 16.0 Å². The molecule has 2 amide bonds. The van der Waals surface area contributed by atoms with E-state index in [1.54, 1.807) is 7.05 Å². The van der Waals surface area contributed by atoms with Gasteiger partial charge in [0, 0.05) is 14.1 Å². The van der Waals surface area contributed by atoms with Crippen LogP contribution in [0, 0.1) is 5.92 Å². The number of hydrogen-bond donors (Lipinski definition) is 2. The number of nitrogens with one attached hydrogen (secondary N) is 1. The Morgan fingerprint density at radius 3 is 2.44 bits per heavy atom. The number of likely N-dealkylation sites (N-methyl/N-ethyl adjacent to an activating group) is 2. The molecule has 3 N–H and O–H groups in total. The monoisotopic (exact) mass is 245 g/mol. The highest BCUT2D eigenvalue weighted by atomic mass is 32.1. The summed E-state index contributed by atoms with van der Waals surface area (Å²) in [5.74, 6) is -0.873. The molecule has 0 heterocycles. The summed E-state index contributed by atoms with van der Waals surface area (Å²) in [4.78, 5) is 24.5. The molecular weight excluding hydrogens is 226 g/mol. The van der Waals surface area contributed by atoms with Gasteiger partial charge in [0.15, 0.2) is 0 Å². The van der Waals surface area contributed by atoms with E-state index in [0.717, 1.165) is 6.42 Å². The van der Waals surface area contributed by atoms with Crippen LogP contribution >= 0.6 is 12.2 Å². The van der Waals surface area contributed by atoms with Crippen molar-refractivity contribution >= 4 is 29.0 Å². The fraction of sp³-hybridized carbons (Fsp3) is 0.700. The first-order valence-corrected chi connectivity index (χ1v) is 5.59. The largest absolute Gasteiger partial charge is 0.393 e. The summed E-state index contributed by atoms with van der Waals surface area (Å²) in [6, 6.07) is 0. The van der Waals surface area contributed by atoms with E-state index in [2.05, 4.69) is 5.32 Å². The molecule has 0 aromatic rings. The maximum Gasteiger partial charge on any atom is 0.239 e. The molecule has 0 saturated heterocycles. The SMILES string of the molecule is CCCC(C(=O)N(C)CC(=O)NC)C(N)=S. The highest BCUT2D eigenvalue weighted by molar-refractivity contribution is 7.80. The van der Waals surface area contributed by atoms with Crippen molar-refractivity contribution in [1.29, 1.82) is 0 Å². The van der Waals surface area contributed by atoms with Crippen LogP contribution in [0.5, 0.6) is 0 Å². The van der Waals surface area contributed by atoms with Gasteiger partial charge in [0.2, 0.25) is 11.8 Å². The van der Waals surface area contributed by atoms with Gasteiger partial charge in [-0.2, -0.15) is 0 Å². The van der Waals surface area contributed by atoms with Crippen LogP contribution in [0.25, 0.3) is 0 Å². The summed E-state index contributed by atoms with van der Waals surface area (Å²) in [7, 11) is 3.09. The maximum atomic E-state index is 11.9. The molecular formula is C10H19N3O2S. The molecule has 16 heavy (non-hydrogen) atoms. The maximum absolute atomic E-state index is 11.9. The molecule has 5 nitrogen and oxygen atoms in total. The molecule has 0 rings (SSSR count). The van der Waals surface area contributed by atoms with E-state index in [-0.39, 0.29) is 23.3 Å². The Bertz CT molecular complexity index is 281. The van der Waals surface area contributed by atoms with E-state index in [4.69, 9.17) is 18.0 Å². The second-order valence-electron chi connectivity index (χ2n) is 3.61. The molecule has 0 aliphatic carbocycles. The number of thiocarbonyl (C=S) groups is 1. The van der Waals surface area contributed by atoms with Crippen molar-refractivity contribution in [2.45, 2.75) is 19.8 Å². The molecule has 1 unspecified atom stereocenters. The van der Waals surface area contributed by atoms with Crippen molar-refractivity contribution < 1.29 is 9.59 Å². The van der Waals surface area contributed by atoms with Crippen LogP contribution in [0.3, 0.4) is 0 Å². The minimum atomic E-state index is -0.463. The zero-order valence-corrected chi connectivity index (χ0v) is 10.8. The van der Waals surface area contributed by atoms with Crippen LogP contribution in [0.2, 0.25) is 0 Å². The first kappa shape index (κ1) is 14.8. The third-order valence-electron chi connectivity index (χ3n) is 2.25. The summed E-state index contributed by atoms with van der Waals surface area (Å²) < 4.78 is 0. The van der Waals surface area contributed by atoms with E-state index in [1.165, 1.54) is 11.9 Å². The molecule has 0 bridgehead atoms. The second kappa shape index (κ2) is 7.16. The molecule has 0 aromatic carbocycles. The third-order valence-corrected chi connectivity index (χ3v) is 2.54. The number of carbonyl (C=O) groups is 2. The minimum Gasteiger partial charge on any atom is -0.393 e. The molecule has 0 saturated carbocycles. The summed E-state index contributed by atoms with van der Waals surface area (Å²) in [6.45, 7) is 1.98. The molecule has 1 atom stereocenters. The van der Waals surface area contributed by atoms with Crippen LogP contribution < -0.4 is 11.1 Å². The van der Waals surface area contributed by atoms with Crippen LogP contribution in [0.15, 0.2) is 0 Å². The van der Waals surface area contributed by atoms with E-state index >= 15 is 0 Å². The average Bonchev–Trinajstić information content (AvgIpc) is 2.24. The molecule has 6 heteroatoms. The lowest BCUT2D eigenvalue weighted by molar-refractivity contribution is -0.136. The fourth-order valence-electron chi connectivity index (χ4n) is 1.31. The number of rotatable bonds is 6. The van der Waals surface area contributed by atoms with Gasteiger partial charge in [-0.05, 0) is 6.42 Å². The van der Waals surface area contributed by atoms with Crippen LogP contribution in [0.1, 0.15) is 19.8 Å². The lowest BCUT2D eigenvalue weighted by atomic mass is 10.0. The van der Waals surface area contributed by atoms with Crippen molar-refractivity contribution in [2.24, 2.45) is 11.7 Å². The Morgan fingerprint density at radius 2 is 2.06 bits per heavy atom. The highest BCUT2D eigenvalue weighted by Gasteiger charge is 2.24. The predicted molar refractivity (Wildman–Crippen MR) is 66.9 cm³/mol. The normalized spacial score (nSPS) is 11.7. The van der Waals surface area contributed by atoms with Gasteiger partial charge >= 0.3 is 0 Å². The van der Waals surface area contributed by atoms with E-state index in [0.29, 0.717) is 6.42 Å². The summed E-state index contributed by atoms with van der Waals surface area (Å²) in [6.07, 6.45) is 1.44. The Morgan fingerprint density at radius 1 is 1.50 bits per heavy atom. The predicted octanol–water partition coefficient (Wildman–Crippen LogP) is -0.107. The lowest BCUT2D eigenvalue weighted by Crippen LogP contribution is -2.43. The highest BCUT2D eigenvalue weighted by Crippen LogP contribution is 2.10. The number of nitrogens with two attached hydrogens (primary N) is 1. The van der Waals surface area contributed by atoms with Crippen LogP contribution in [0.4, 0.5) is 0 Å². The van der Waals surface area contributed by atoms with Gasteiger partial charge in [-0.3, -0.25) is 9.59 Å². The van der Waals surface area contributed by atoms with Crippen LogP contribution in [-0.2, 0) is 9.59 Å². The van der Waals surface area contributed by atoms with E-state index < -0.39 is 5.92 Å². The van der Waals surface area contributed by atoms with Crippen molar-refractivity contribution in [3.8, 4) is 0 Å². The minimum absolute atomic E-state index is 0.0260. The van der Waals surface area contributed by atoms with Gasteiger partial charge in [-0.1, -0.05) is 25.6 Å². The van der Waals surface area contributed by atoms with Crippen LogP contribution in [-0.4, -0.2) is 42.3 Å². The Hall–Kier alpha value is -1.17. The second-order valence-corrected chi connectivity index (χ2v) is 4.08. The molecule has 0 aromatic heterocycles. The summed E-state index contributed by atoms with van der Waals surface area (Å²) in [5, 5.41) is 2.45. The Labute approximate surface area is 101 Å². The van der Waals surface area contributed by atoms with Crippen molar-refractivity contribution in [3.05, 3.63) is 0 Å². The van der Waals surface area contributed by atoms with Gasteiger partial charge in [0.05, 0.1) is 17.5 Å². The zero-order chi connectivity index (χ0) is 12.7.